The number of hydrogen-bond donors (Lipinski definition) is 0. The fourth-order valence-corrected chi connectivity index (χ4v) is 1.84. The van der Waals surface area contributed by atoms with Crippen molar-refractivity contribution in [3.63, 3.8) is 0 Å². The molecule has 0 amide bonds. The maximum absolute atomic E-state index is 11.9. The molecular formula is C15H18O3. The van der Waals surface area contributed by atoms with Crippen molar-refractivity contribution in [3.05, 3.63) is 35.9 Å². The van der Waals surface area contributed by atoms with Gasteiger partial charge in [0.1, 0.15) is 11.9 Å². The fraction of sp³-hybridized carbons (Fsp3) is 0.400. The van der Waals surface area contributed by atoms with E-state index in [1.54, 1.807) is 7.11 Å². The number of cyclic esters (lactones) is 1. The lowest BCUT2D eigenvalue weighted by Crippen LogP contribution is -2.25. The van der Waals surface area contributed by atoms with E-state index >= 15 is 0 Å². The van der Waals surface area contributed by atoms with Gasteiger partial charge in [0, 0.05) is 5.41 Å². The molecule has 1 unspecified atom stereocenters. The maximum Gasteiger partial charge on any atom is 0.339 e. The molecule has 1 aromatic carbocycles. The number of carbonyl (C=O) groups excluding carboxylic acids is 1. The Balaban J connectivity index is 2.29. The van der Waals surface area contributed by atoms with Gasteiger partial charge in [-0.2, -0.15) is 0 Å². The molecule has 1 heterocycles. The molecule has 0 bridgehead atoms. The fourth-order valence-electron chi connectivity index (χ4n) is 1.84. The second kappa shape index (κ2) is 4.48. The van der Waals surface area contributed by atoms with E-state index in [0.29, 0.717) is 5.57 Å². The van der Waals surface area contributed by atoms with Crippen molar-refractivity contribution < 1.29 is 14.3 Å². The second-order valence-electron chi connectivity index (χ2n) is 5.50. The van der Waals surface area contributed by atoms with Crippen LogP contribution < -0.4 is 4.74 Å². The standard InChI is InChI=1S/C15H18O3/c1-15(2,3)13-9-12(14(16)18-13)10-5-7-11(17-4)8-6-10/h5-9,13H,1-4H3. The predicted octanol–water partition coefficient (Wildman–Crippen LogP) is 3.05. The topological polar surface area (TPSA) is 35.5 Å². The van der Waals surface area contributed by atoms with Crippen LogP contribution in [0.4, 0.5) is 0 Å². The van der Waals surface area contributed by atoms with E-state index in [2.05, 4.69) is 20.8 Å². The minimum Gasteiger partial charge on any atom is -0.497 e. The highest BCUT2D eigenvalue weighted by atomic mass is 16.5. The van der Waals surface area contributed by atoms with Gasteiger partial charge in [0.25, 0.3) is 0 Å². The molecule has 3 heteroatoms. The van der Waals surface area contributed by atoms with Crippen molar-refractivity contribution in [3.8, 4) is 5.75 Å². The first-order chi connectivity index (χ1) is 8.41. The summed E-state index contributed by atoms with van der Waals surface area (Å²) in [6, 6.07) is 7.43. The molecule has 0 aliphatic carbocycles. The van der Waals surface area contributed by atoms with Gasteiger partial charge in [0.2, 0.25) is 0 Å². The molecule has 3 nitrogen and oxygen atoms in total. The Bertz CT molecular complexity index is 477. The van der Waals surface area contributed by atoms with Crippen LogP contribution in [0.3, 0.4) is 0 Å². The van der Waals surface area contributed by atoms with Crippen LogP contribution in [0.2, 0.25) is 0 Å². The maximum atomic E-state index is 11.9. The van der Waals surface area contributed by atoms with E-state index in [1.165, 1.54) is 0 Å². The number of hydrogen-bond acceptors (Lipinski definition) is 3. The van der Waals surface area contributed by atoms with Gasteiger partial charge in [-0.15, -0.1) is 0 Å². The van der Waals surface area contributed by atoms with Crippen molar-refractivity contribution >= 4 is 11.5 Å². The highest BCUT2D eigenvalue weighted by molar-refractivity contribution is 6.18. The molecule has 1 aromatic rings. The van der Waals surface area contributed by atoms with Gasteiger partial charge < -0.3 is 9.47 Å². The first kappa shape index (κ1) is 12.7. The quantitative estimate of drug-likeness (QED) is 0.752. The molecule has 1 aliphatic heterocycles. The van der Waals surface area contributed by atoms with Gasteiger partial charge in [-0.25, -0.2) is 4.79 Å². The SMILES string of the molecule is COc1ccc(C2=CC(C(C)(C)C)OC2=O)cc1. The number of benzene rings is 1. The van der Waals surface area contributed by atoms with Gasteiger partial charge in [-0.1, -0.05) is 32.9 Å². The zero-order chi connectivity index (χ0) is 13.3. The molecule has 1 atom stereocenters. The Morgan fingerprint density at radius 2 is 1.78 bits per heavy atom. The summed E-state index contributed by atoms with van der Waals surface area (Å²) in [5.74, 6) is 0.526. The van der Waals surface area contributed by atoms with Crippen LogP contribution in [-0.4, -0.2) is 19.2 Å². The Morgan fingerprint density at radius 1 is 1.17 bits per heavy atom. The largest absolute Gasteiger partial charge is 0.497 e. The highest BCUT2D eigenvalue weighted by Gasteiger charge is 2.34. The minimum atomic E-state index is -0.250. The average Bonchev–Trinajstić information content (AvgIpc) is 2.71. The molecule has 0 fully saturated rings. The second-order valence-corrected chi connectivity index (χ2v) is 5.50. The molecular weight excluding hydrogens is 228 g/mol. The number of rotatable bonds is 2. The minimum absolute atomic E-state index is 0.0795. The van der Waals surface area contributed by atoms with E-state index < -0.39 is 0 Å². The lowest BCUT2D eigenvalue weighted by molar-refractivity contribution is -0.141. The van der Waals surface area contributed by atoms with Crippen molar-refractivity contribution in [2.24, 2.45) is 5.41 Å². The summed E-state index contributed by atoms with van der Waals surface area (Å²) in [5, 5.41) is 0. The monoisotopic (exact) mass is 246 g/mol. The number of ether oxygens (including phenoxy) is 2. The average molecular weight is 246 g/mol. The molecule has 1 aliphatic rings. The predicted molar refractivity (Wildman–Crippen MR) is 70.3 cm³/mol. The van der Waals surface area contributed by atoms with Gasteiger partial charge in [-0.3, -0.25) is 0 Å². The summed E-state index contributed by atoms with van der Waals surface area (Å²) < 4.78 is 10.5. The Labute approximate surface area is 107 Å². The van der Waals surface area contributed by atoms with E-state index in [4.69, 9.17) is 9.47 Å². The van der Waals surface area contributed by atoms with Crippen LogP contribution in [0, 0.1) is 5.41 Å². The van der Waals surface area contributed by atoms with E-state index in [1.807, 2.05) is 30.3 Å². The van der Waals surface area contributed by atoms with Crippen LogP contribution in [0.5, 0.6) is 5.75 Å². The van der Waals surface area contributed by atoms with E-state index in [-0.39, 0.29) is 17.5 Å². The van der Waals surface area contributed by atoms with Crippen molar-refractivity contribution in [2.45, 2.75) is 26.9 Å². The Kier molecular flexibility index (Phi) is 3.16. The molecule has 0 saturated heterocycles. The lowest BCUT2D eigenvalue weighted by Gasteiger charge is -2.23. The van der Waals surface area contributed by atoms with Crippen LogP contribution in [0.1, 0.15) is 26.3 Å². The summed E-state index contributed by atoms with van der Waals surface area (Å²) in [6.07, 6.45) is 1.74. The molecule has 2 rings (SSSR count). The lowest BCUT2D eigenvalue weighted by atomic mass is 9.88. The van der Waals surface area contributed by atoms with E-state index in [9.17, 15) is 4.79 Å². The van der Waals surface area contributed by atoms with Gasteiger partial charge >= 0.3 is 5.97 Å². The number of methoxy groups -OCH3 is 1. The third kappa shape index (κ3) is 2.40. The van der Waals surface area contributed by atoms with E-state index in [0.717, 1.165) is 11.3 Å². The smallest absolute Gasteiger partial charge is 0.339 e. The molecule has 0 saturated carbocycles. The number of esters is 1. The zero-order valence-electron chi connectivity index (χ0n) is 11.2. The molecule has 18 heavy (non-hydrogen) atoms. The normalized spacial score (nSPS) is 19.4. The summed E-state index contributed by atoms with van der Waals surface area (Å²) >= 11 is 0. The molecule has 0 radical (unpaired) electrons. The van der Waals surface area contributed by atoms with Crippen LogP contribution in [0.15, 0.2) is 30.3 Å². The van der Waals surface area contributed by atoms with Crippen LogP contribution >= 0.6 is 0 Å². The summed E-state index contributed by atoms with van der Waals surface area (Å²) in [7, 11) is 1.62. The summed E-state index contributed by atoms with van der Waals surface area (Å²) in [5.41, 5.74) is 1.43. The van der Waals surface area contributed by atoms with Crippen molar-refractivity contribution in [1.29, 1.82) is 0 Å². The Morgan fingerprint density at radius 3 is 2.22 bits per heavy atom. The molecule has 0 aromatic heterocycles. The summed E-state index contributed by atoms with van der Waals surface area (Å²) in [4.78, 5) is 11.9. The Hall–Kier alpha value is -1.77. The highest BCUT2D eigenvalue weighted by Crippen LogP contribution is 2.33. The van der Waals surface area contributed by atoms with Gasteiger partial charge in [-0.05, 0) is 23.8 Å². The number of carbonyl (C=O) groups is 1. The van der Waals surface area contributed by atoms with Crippen molar-refractivity contribution in [2.75, 3.05) is 7.11 Å². The summed E-state index contributed by atoms with van der Waals surface area (Å²) in [6.45, 7) is 6.16. The van der Waals surface area contributed by atoms with Crippen molar-refractivity contribution in [1.82, 2.24) is 0 Å². The first-order valence-electron chi connectivity index (χ1n) is 5.99. The third-order valence-corrected chi connectivity index (χ3v) is 3.03. The zero-order valence-corrected chi connectivity index (χ0v) is 11.2. The first-order valence-corrected chi connectivity index (χ1v) is 5.99. The molecule has 0 N–H and O–H groups in total. The molecule has 0 spiro atoms. The van der Waals surface area contributed by atoms with Crippen LogP contribution in [-0.2, 0) is 9.53 Å². The van der Waals surface area contributed by atoms with Crippen LogP contribution in [0.25, 0.3) is 5.57 Å². The van der Waals surface area contributed by atoms with Gasteiger partial charge in [0.15, 0.2) is 0 Å². The van der Waals surface area contributed by atoms with Gasteiger partial charge in [0.05, 0.1) is 12.7 Å². The third-order valence-electron chi connectivity index (χ3n) is 3.03. The molecule has 96 valence electrons.